The summed E-state index contributed by atoms with van der Waals surface area (Å²) in [6, 6.07) is 7.01. The number of carbonyl (C=O) groups is 2. The standard InChI is InChI=1S/C19H24N2O5/c1-18(2,26-14-7-5-4-6-13(14)24-3)17(23)20-9-8-19-15(20)12-16(22)21(19)10-11-25-19/h4-7,15H,8-12H2,1-3H3/t15-,19+/m1/s1. The molecule has 140 valence electrons. The third-order valence-electron chi connectivity index (χ3n) is 5.61. The topological polar surface area (TPSA) is 68.3 Å². The third kappa shape index (κ3) is 2.37. The number of methoxy groups -OCH3 is 1. The number of carbonyl (C=O) groups excluding carboxylic acids is 2. The lowest BCUT2D eigenvalue weighted by Gasteiger charge is -2.35. The van der Waals surface area contributed by atoms with Gasteiger partial charge in [-0.25, -0.2) is 0 Å². The number of amides is 2. The first kappa shape index (κ1) is 17.1. The van der Waals surface area contributed by atoms with Crippen molar-refractivity contribution in [1.29, 1.82) is 0 Å². The van der Waals surface area contributed by atoms with Crippen molar-refractivity contribution in [3.05, 3.63) is 24.3 Å². The van der Waals surface area contributed by atoms with Gasteiger partial charge in [-0.15, -0.1) is 0 Å². The van der Waals surface area contributed by atoms with E-state index in [1.807, 2.05) is 12.1 Å². The van der Waals surface area contributed by atoms with Crippen molar-refractivity contribution in [2.75, 3.05) is 26.8 Å². The quantitative estimate of drug-likeness (QED) is 0.812. The van der Waals surface area contributed by atoms with Crippen molar-refractivity contribution in [3.8, 4) is 11.5 Å². The van der Waals surface area contributed by atoms with Crippen molar-refractivity contribution in [3.63, 3.8) is 0 Å². The van der Waals surface area contributed by atoms with Crippen LogP contribution >= 0.6 is 0 Å². The zero-order valence-electron chi connectivity index (χ0n) is 15.4. The predicted octanol–water partition coefficient (Wildman–Crippen LogP) is 1.41. The number of hydrogen-bond donors (Lipinski definition) is 0. The average Bonchev–Trinajstić information content (AvgIpc) is 3.25. The summed E-state index contributed by atoms with van der Waals surface area (Å²) in [5, 5.41) is 0. The van der Waals surface area contributed by atoms with E-state index in [1.165, 1.54) is 0 Å². The maximum absolute atomic E-state index is 13.3. The maximum Gasteiger partial charge on any atom is 0.266 e. The highest BCUT2D eigenvalue weighted by Gasteiger charge is 2.63. The molecular weight excluding hydrogens is 336 g/mol. The van der Waals surface area contributed by atoms with Crippen LogP contribution in [0.2, 0.25) is 0 Å². The minimum Gasteiger partial charge on any atom is -0.493 e. The molecule has 3 aliphatic heterocycles. The molecule has 1 spiro atoms. The number of nitrogens with zero attached hydrogens (tertiary/aromatic N) is 2. The fourth-order valence-electron chi connectivity index (χ4n) is 4.40. The number of para-hydroxylation sites is 2. The van der Waals surface area contributed by atoms with Gasteiger partial charge in [0.1, 0.15) is 0 Å². The fourth-order valence-corrected chi connectivity index (χ4v) is 4.40. The molecule has 0 radical (unpaired) electrons. The molecule has 26 heavy (non-hydrogen) atoms. The molecule has 3 saturated heterocycles. The molecule has 1 aromatic rings. The number of ether oxygens (including phenoxy) is 3. The monoisotopic (exact) mass is 360 g/mol. The highest BCUT2D eigenvalue weighted by molar-refractivity contribution is 5.88. The Balaban J connectivity index is 1.56. The Morgan fingerprint density at radius 3 is 2.73 bits per heavy atom. The van der Waals surface area contributed by atoms with Crippen LogP contribution < -0.4 is 9.47 Å². The van der Waals surface area contributed by atoms with Crippen LogP contribution in [-0.2, 0) is 14.3 Å². The summed E-state index contributed by atoms with van der Waals surface area (Å²) in [5.41, 5.74) is -1.72. The van der Waals surface area contributed by atoms with Crippen molar-refractivity contribution < 1.29 is 23.8 Å². The van der Waals surface area contributed by atoms with Gasteiger partial charge in [-0.2, -0.15) is 0 Å². The Bertz CT molecular complexity index is 749. The van der Waals surface area contributed by atoms with Crippen molar-refractivity contribution in [1.82, 2.24) is 9.80 Å². The van der Waals surface area contributed by atoms with Gasteiger partial charge in [0.25, 0.3) is 5.91 Å². The lowest BCUT2D eigenvalue weighted by Crippen LogP contribution is -2.54. The molecule has 3 aliphatic rings. The molecule has 3 heterocycles. The lowest BCUT2D eigenvalue weighted by molar-refractivity contribution is -0.150. The van der Waals surface area contributed by atoms with Gasteiger partial charge < -0.3 is 24.0 Å². The molecule has 4 rings (SSSR count). The molecule has 1 aromatic carbocycles. The van der Waals surface area contributed by atoms with Gasteiger partial charge in [0, 0.05) is 19.5 Å². The van der Waals surface area contributed by atoms with Crippen LogP contribution in [0.25, 0.3) is 0 Å². The highest BCUT2D eigenvalue weighted by atomic mass is 16.5. The van der Waals surface area contributed by atoms with E-state index in [9.17, 15) is 9.59 Å². The number of benzene rings is 1. The summed E-state index contributed by atoms with van der Waals surface area (Å²) in [6.45, 7) is 5.20. The lowest BCUT2D eigenvalue weighted by atomic mass is 10.0. The number of hydrogen-bond acceptors (Lipinski definition) is 5. The van der Waals surface area contributed by atoms with Gasteiger partial charge in [0.15, 0.2) is 22.8 Å². The molecule has 0 bridgehead atoms. The van der Waals surface area contributed by atoms with Crippen molar-refractivity contribution in [2.45, 2.75) is 44.1 Å². The molecular formula is C19H24N2O5. The summed E-state index contributed by atoms with van der Waals surface area (Å²) in [7, 11) is 1.57. The molecule has 0 N–H and O–H groups in total. The Labute approximate surface area is 152 Å². The Morgan fingerprint density at radius 2 is 2.00 bits per heavy atom. The van der Waals surface area contributed by atoms with Crippen LogP contribution in [0.1, 0.15) is 26.7 Å². The Kier molecular flexibility index (Phi) is 3.87. The van der Waals surface area contributed by atoms with E-state index in [-0.39, 0.29) is 17.9 Å². The maximum atomic E-state index is 13.3. The van der Waals surface area contributed by atoms with Gasteiger partial charge in [0.05, 0.1) is 26.2 Å². The molecule has 0 unspecified atom stereocenters. The van der Waals surface area contributed by atoms with Crippen LogP contribution in [0.3, 0.4) is 0 Å². The van der Waals surface area contributed by atoms with Crippen LogP contribution in [0.5, 0.6) is 11.5 Å². The van der Waals surface area contributed by atoms with E-state index in [1.54, 1.807) is 42.9 Å². The highest BCUT2D eigenvalue weighted by Crippen LogP contribution is 2.46. The van der Waals surface area contributed by atoms with E-state index in [4.69, 9.17) is 14.2 Å². The number of likely N-dealkylation sites (tertiary alicyclic amines) is 1. The summed E-state index contributed by atoms with van der Waals surface area (Å²) in [5.74, 6) is 1.01. The summed E-state index contributed by atoms with van der Waals surface area (Å²) in [6.07, 6.45) is 0.969. The van der Waals surface area contributed by atoms with Crippen LogP contribution in [0.4, 0.5) is 0 Å². The molecule has 0 aliphatic carbocycles. The zero-order chi connectivity index (χ0) is 18.5. The second-order valence-electron chi connectivity index (χ2n) is 7.47. The van der Waals surface area contributed by atoms with E-state index < -0.39 is 11.3 Å². The summed E-state index contributed by atoms with van der Waals surface area (Å²) in [4.78, 5) is 29.2. The van der Waals surface area contributed by atoms with Gasteiger partial charge in [-0.3, -0.25) is 9.59 Å². The molecule has 0 aromatic heterocycles. The molecule has 2 atom stereocenters. The normalized spacial score (nSPS) is 27.5. The van der Waals surface area contributed by atoms with Crippen LogP contribution in [0.15, 0.2) is 24.3 Å². The minimum atomic E-state index is -1.09. The second-order valence-corrected chi connectivity index (χ2v) is 7.47. The first-order chi connectivity index (χ1) is 12.4. The predicted molar refractivity (Wildman–Crippen MR) is 92.8 cm³/mol. The van der Waals surface area contributed by atoms with E-state index in [0.717, 1.165) is 0 Å². The minimum absolute atomic E-state index is 0.0634. The van der Waals surface area contributed by atoms with Crippen molar-refractivity contribution in [2.24, 2.45) is 0 Å². The Morgan fingerprint density at radius 1 is 1.27 bits per heavy atom. The van der Waals surface area contributed by atoms with Gasteiger partial charge in [-0.05, 0) is 26.0 Å². The smallest absolute Gasteiger partial charge is 0.266 e. The summed E-state index contributed by atoms with van der Waals surface area (Å²) >= 11 is 0. The van der Waals surface area contributed by atoms with Crippen LogP contribution in [-0.4, -0.2) is 65.8 Å². The van der Waals surface area contributed by atoms with E-state index >= 15 is 0 Å². The second kappa shape index (κ2) is 5.87. The van der Waals surface area contributed by atoms with Gasteiger partial charge in [-0.1, -0.05) is 12.1 Å². The van der Waals surface area contributed by atoms with Crippen LogP contribution in [0, 0.1) is 0 Å². The molecule has 7 heteroatoms. The van der Waals surface area contributed by atoms with Gasteiger partial charge in [0.2, 0.25) is 5.91 Å². The first-order valence-corrected chi connectivity index (χ1v) is 8.96. The number of rotatable bonds is 4. The van der Waals surface area contributed by atoms with Crippen molar-refractivity contribution >= 4 is 11.8 Å². The Hall–Kier alpha value is -2.28. The molecule has 0 saturated carbocycles. The van der Waals surface area contributed by atoms with E-state index in [0.29, 0.717) is 44.0 Å². The molecule has 2 amide bonds. The molecule has 3 fully saturated rings. The SMILES string of the molecule is COc1ccccc1OC(C)(C)C(=O)N1CC[C@@]23OCCN2C(=O)C[C@@H]13. The largest absolute Gasteiger partial charge is 0.493 e. The molecule has 7 nitrogen and oxygen atoms in total. The first-order valence-electron chi connectivity index (χ1n) is 8.96. The van der Waals surface area contributed by atoms with E-state index in [2.05, 4.69) is 0 Å². The average molecular weight is 360 g/mol. The van der Waals surface area contributed by atoms with Gasteiger partial charge >= 0.3 is 0 Å². The summed E-state index contributed by atoms with van der Waals surface area (Å²) < 4.78 is 17.3. The zero-order valence-corrected chi connectivity index (χ0v) is 15.4. The third-order valence-corrected chi connectivity index (χ3v) is 5.61. The fraction of sp³-hybridized carbons (Fsp3) is 0.579.